The number of fused-ring (bicyclic) bond motifs is 1. The number of ether oxygens (including phenoxy) is 1. The lowest BCUT2D eigenvalue weighted by Gasteiger charge is -2.06. The number of hydrogen-bond acceptors (Lipinski definition) is 2. The Morgan fingerprint density at radius 1 is 1.20 bits per heavy atom. The van der Waals surface area contributed by atoms with Crippen LogP contribution in [0.2, 0.25) is 5.02 Å². The van der Waals surface area contributed by atoms with Crippen LogP contribution in [0, 0.1) is 4.77 Å². The van der Waals surface area contributed by atoms with Crippen molar-refractivity contribution in [2.24, 2.45) is 0 Å². The minimum atomic E-state index is 0.693. The maximum absolute atomic E-state index is 6.00. The van der Waals surface area contributed by atoms with Crippen LogP contribution < -0.4 is 4.74 Å². The van der Waals surface area contributed by atoms with Crippen LogP contribution in [-0.4, -0.2) is 16.7 Å². The fraction of sp³-hybridized carbons (Fsp3) is 0.133. The predicted octanol–water partition coefficient (Wildman–Crippen LogP) is 4.41. The molecular weight excluding hydrogens is 292 g/mol. The van der Waals surface area contributed by atoms with Crippen molar-refractivity contribution in [3.05, 3.63) is 57.8 Å². The highest BCUT2D eigenvalue weighted by molar-refractivity contribution is 7.71. The van der Waals surface area contributed by atoms with Crippen molar-refractivity contribution in [1.82, 2.24) is 9.55 Å². The van der Waals surface area contributed by atoms with Crippen molar-refractivity contribution in [2.75, 3.05) is 7.11 Å². The molecule has 3 rings (SSSR count). The molecule has 0 bridgehead atoms. The lowest BCUT2D eigenvalue weighted by molar-refractivity contribution is 0.414. The Hall–Kier alpha value is -1.78. The number of methoxy groups -OCH3 is 1. The van der Waals surface area contributed by atoms with Crippen molar-refractivity contribution in [3.63, 3.8) is 0 Å². The zero-order valence-corrected chi connectivity index (χ0v) is 12.5. The summed E-state index contributed by atoms with van der Waals surface area (Å²) in [5.74, 6) is 0.850. The third-order valence-corrected chi connectivity index (χ3v) is 3.79. The molecule has 0 saturated carbocycles. The number of nitrogens with one attached hydrogen (secondary N) is 1. The topological polar surface area (TPSA) is 29.9 Å². The van der Waals surface area contributed by atoms with Crippen LogP contribution in [0.15, 0.2) is 42.5 Å². The molecule has 1 heterocycles. The van der Waals surface area contributed by atoms with Crippen LogP contribution in [0.3, 0.4) is 0 Å². The van der Waals surface area contributed by atoms with E-state index >= 15 is 0 Å². The van der Waals surface area contributed by atoms with E-state index in [-0.39, 0.29) is 0 Å². The SMILES string of the molecule is COc1ccc(Cn2c(=S)[nH]c3cc(Cl)ccc32)cc1. The second-order valence-corrected chi connectivity index (χ2v) is 5.35. The van der Waals surface area contributed by atoms with Crippen LogP contribution in [0.4, 0.5) is 0 Å². The monoisotopic (exact) mass is 304 g/mol. The minimum absolute atomic E-state index is 0.693. The van der Waals surface area contributed by atoms with E-state index in [4.69, 9.17) is 28.6 Å². The van der Waals surface area contributed by atoms with Gasteiger partial charge in [-0.1, -0.05) is 23.7 Å². The molecule has 0 amide bonds. The van der Waals surface area contributed by atoms with Gasteiger partial charge < -0.3 is 14.3 Å². The highest BCUT2D eigenvalue weighted by atomic mass is 35.5. The summed E-state index contributed by atoms with van der Waals surface area (Å²) in [4.78, 5) is 3.18. The van der Waals surface area contributed by atoms with Gasteiger partial charge in [-0.2, -0.15) is 0 Å². The molecule has 0 fully saturated rings. The Bertz CT molecular complexity index is 805. The lowest BCUT2D eigenvalue weighted by Crippen LogP contribution is -1.99. The number of rotatable bonds is 3. The summed E-state index contributed by atoms with van der Waals surface area (Å²) in [6.45, 7) is 0.713. The van der Waals surface area contributed by atoms with Crippen molar-refractivity contribution in [1.29, 1.82) is 0 Å². The highest BCUT2D eigenvalue weighted by Crippen LogP contribution is 2.21. The van der Waals surface area contributed by atoms with Gasteiger partial charge in [-0.15, -0.1) is 0 Å². The van der Waals surface area contributed by atoms with Gasteiger partial charge in [0.1, 0.15) is 5.75 Å². The quantitative estimate of drug-likeness (QED) is 0.726. The number of nitrogens with zero attached hydrogens (tertiary/aromatic N) is 1. The maximum atomic E-state index is 6.00. The molecule has 1 aromatic heterocycles. The second-order valence-electron chi connectivity index (χ2n) is 4.53. The van der Waals surface area contributed by atoms with E-state index in [0.717, 1.165) is 22.3 Å². The number of imidazole rings is 1. The summed E-state index contributed by atoms with van der Waals surface area (Å²) in [6.07, 6.45) is 0. The Kier molecular flexibility index (Phi) is 3.51. The Morgan fingerprint density at radius 2 is 1.95 bits per heavy atom. The van der Waals surface area contributed by atoms with Gasteiger partial charge in [0.15, 0.2) is 4.77 Å². The van der Waals surface area contributed by atoms with Crippen LogP contribution in [0.5, 0.6) is 5.75 Å². The van der Waals surface area contributed by atoms with E-state index in [9.17, 15) is 0 Å². The van der Waals surface area contributed by atoms with Crippen molar-refractivity contribution in [3.8, 4) is 5.75 Å². The average Bonchev–Trinajstić information content (AvgIpc) is 2.75. The smallest absolute Gasteiger partial charge is 0.178 e. The van der Waals surface area contributed by atoms with Gasteiger partial charge >= 0.3 is 0 Å². The fourth-order valence-corrected chi connectivity index (χ4v) is 2.65. The third-order valence-electron chi connectivity index (χ3n) is 3.24. The van der Waals surface area contributed by atoms with Gasteiger partial charge in [0.2, 0.25) is 0 Å². The van der Waals surface area contributed by atoms with E-state index in [1.54, 1.807) is 7.11 Å². The van der Waals surface area contributed by atoms with Crippen LogP contribution in [0.25, 0.3) is 11.0 Å². The zero-order valence-electron chi connectivity index (χ0n) is 10.9. The summed E-state index contributed by atoms with van der Waals surface area (Å²) >= 11 is 11.4. The molecule has 5 heteroatoms. The van der Waals surface area contributed by atoms with E-state index < -0.39 is 0 Å². The first kappa shape index (κ1) is 13.2. The molecule has 3 aromatic rings. The summed E-state index contributed by atoms with van der Waals surface area (Å²) in [5, 5.41) is 0.699. The Balaban J connectivity index is 2.01. The Labute approximate surface area is 126 Å². The van der Waals surface area contributed by atoms with E-state index in [2.05, 4.69) is 9.55 Å². The zero-order chi connectivity index (χ0) is 14.1. The third kappa shape index (κ3) is 2.44. The number of halogens is 1. The molecule has 3 nitrogen and oxygen atoms in total. The average molecular weight is 305 g/mol. The largest absolute Gasteiger partial charge is 0.497 e. The fourth-order valence-electron chi connectivity index (χ4n) is 2.21. The number of aromatic amines is 1. The molecule has 0 aliphatic heterocycles. The number of aromatic nitrogens is 2. The molecule has 0 unspecified atom stereocenters. The standard InChI is InChI=1S/C15H13ClN2OS/c1-19-12-5-2-10(3-6-12)9-18-14-7-4-11(16)8-13(14)17-15(18)20/h2-8H,9H2,1H3,(H,17,20). The molecule has 0 aliphatic rings. The summed E-state index contributed by atoms with van der Waals surface area (Å²) < 4.78 is 7.91. The van der Waals surface area contributed by atoms with Gasteiger partial charge in [-0.05, 0) is 48.1 Å². The minimum Gasteiger partial charge on any atom is -0.497 e. The summed E-state index contributed by atoms with van der Waals surface area (Å²) in [5.41, 5.74) is 3.17. The van der Waals surface area contributed by atoms with Crippen molar-refractivity contribution >= 4 is 34.9 Å². The number of H-pyrrole nitrogens is 1. The van der Waals surface area contributed by atoms with Gasteiger partial charge in [-0.3, -0.25) is 0 Å². The molecule has 1 N–H and O–H groups in total. The van der Waals surface area contributed by atoms with Crippen LogP contribution in [0.1, 0.15) is 5.56 Å². The van der Waals surface area contributed by atoms with E-state index in [1.165, 1.54) is 0 Å². The predicted molar refractivity (Wildman–Crippen MR) is 84.2 cm³/mol. The van der Waals surface area contributed by atoms with Gasteiger partial charge in [0, 0.05) is 5.02 Å². The van der Waals surface area contributed by atoms with Crippen molar-refractivity contribution in [2.45, 2.75) is 6.54 Å². The normalized spacial score (nSPS) is 10.9. The molecule has 2 aromatic carbocycles. The maximum Gasteiger partial charge on any atom is 0.178 e. The van der Waals surface area contributed by atoms with E-state index in [0.29, 0.717) is 16.3 Å². The first-order valence-corrected chi connectivity index (χ1v) is 6.97. The molecule has 102 valence electrons. The Morgan fingerprint density at radius 3 is 2.65 bits per heavy atom. The van der Waals surface area contributed by atoms with Gasteiger partial charge in [0.25, 0.3) is 0 Å². The molecule has 20 heavy (non-hydrogen) atoms. The van der Waals surface area contributed by atoms with Gasteiger partial charge in [-0.25, -0.2) is 0 Å². The number of hydrogen-bond donors (Lipinski definition) is 1. The first-order valence-electron chi connectivity index (χ1n) is 6.18. The van der Waals surface area contributed by atoms with Crippen molar-refractivity contribution < 1.29 is 4.74 Å². The van der Waals surface area contributed by atoms with Crippen LogP contribution in [-0.2, 0) is 6.54 Å². The summed E-state index contributed by atoms with van der Waals surface area (Å²) in [6, 6.07) is 13.7. The molecule has 0 saturated heterocycles. The number of benzene rings is 2. The molecular formula is C15H13ClN2OS. The van der Waals surface area contributed by atoms with E-state index in [1.807, 2.05) is 42.5 Å². The molecule has 0 spiro atoms. The lowest BCUT2D eigenvalue weighted by atomic mass is 10.2. The highest BCUT2D eigenvalue weighted by Gasteiger charge is 2.05. The molecule has 0 aliphatic carbocycles. The van der Waals surface area contributed by atoms with Crippen LogP contribution >= 0.6 is 23.8 Å². The summed E-state index contributed by atoms with van der Waals surface area (Å²) in [7, 11) is 1.66. The molecule has 0 radical (unpaired) electrons. The first-order chi connectivity index (χ1) is 9.67. The molecule has 0 atom stereocenters. The second kappa shape index (κ2) is 5.31. The van der Waals surface area contributed by atoms with Gasteiger partial charge in [0.05, 0.1) is 24.7 Å².